The van der Waals surface area contributed by atoms with Gasteiger partial charge >= 0.3 is 0 Å². The molecule has 0 atom stereocenters. The SMILES string of the molecule is CCCCCCCCCCCCCCC(=C=O)CCCCCCCCCCCCCC. The third kappa shape index (κ3) is 25.6. The third-order valence-corrected chi connectivity index (χ3v) is 6.81. The van der Waals surface area contributed by atoms with Crippen molar-refractivity contribution in [2.24, 2.45) is 0 Å². The zero-order valence-electron chi connectivity index (χ0n) is 21.8. The Balaban J connectivity index is 3.30. The van der Waals surface area contributed by atoms with Gasteiger partial charge in [-0.25, -0.2) is 4.79 Å². The van der Waals surface area contributed by atoms with Crippen LogP contribution in [-0.2, 0) is 4.79 Å². The predicted octanol–water partition coefficient (Wildman–Crippen LogP) is 10.9. The quantitative estimate of drug-likeness (QED) is 0.0976. The summed E-state index contributed by atoms with van der Waals surface area (Å²) in [5, 5.41) is 0. The Morgan fingerprint density at radius 3 is 0.839 bits per heavy atom. The molecule has 0 aliphatic carbocycles. The summed E-state index contributed by atoms with van der Waals surface area (Å²) in [4.78, 5) is 11.2. The summed E-state index contributed by atoms with van der Waals surface area (Å²) >= 11 is 0. The van der Waals surface area contributed by atoms with Crippen LogP contribution in [0.15, 0.2) is 5.57 Å². The maximum Gasteiger partial charge on any atom is 0.123 e. The molecule has 184 valence electrons. The number of hydrogen-bond acceptors (Lipinski definition) is 1. The van der Waals surface area contributed by atoms with Crippen LogP contribution >= 0.6 is 0 Å². The van der Waals surface area contributed by atoms with Gasteiger partial charge in [0.05, 0.1) is 0 Å². The molecule has 0 saturated heterocycles. The smallest absolute Gasteiger partial charge is 0.123 e. The van der Waals surface area contributed by atoms with Gasteiger partial charge in [-0.05, 0) is 25.7 Å². The van der Waals surface area contributed by atoms with Gasteiger partial charge in [0.15, 0.2) is 0 Å². The fourth-order valence-corrected chi connectivity index (χ4v) is 4.59. The van der Waals surface area contributed by atoms with Crippen molar-refractivity contribution in [2.75, 3.05) is 0 Å². The monoisotopic (exact) mass is 434 g/mol. The lowest BCUT2D eigenvalue weighted by Crippen LogP contribution is -1.89. The van der Waals surface area contributed by atoms with Crippen LogP contribution in [0.3, 0.4) is 0 Å². The Morgan fingerprint density at radius 2 is 0.613 bits per heavy atom. The standard InChI is InChI=1S/C30H58O/c1-3-5-7-9-11-13-15-17-19-21-23-25-27-30(29-31)28-26-24-22-20-18-16-14-12-10-8-6-4-2/h3-28H2,1-2H3. The average Bonchev–Trinajstić information content (AvgIpc) is 2.79. The third-order valence-electron chi connectivity index (χ3n) is 6.81. The molecule has 0 rings (SSSR count). The van der Waals surface area contributed by atoms with E-state index >= 15 is 0 Å². The molecule has 1 nitrogen and oxygen atoms in total. The van der Waals surface area contributed by atoms with Gasteiger partial charge in [0.1, 0.15) is 5.94 Å². The van der Waals surface area contributed by atoms with Crippen LogP contribution < -0.4 is 0 Å². The van der Waals surface area contributed by atoms with E-state index < -0.39 is 0 Å². The van der Waals surface area contributed by atoms with Crippen molar-refractivity contribution in [3.8, 4) is 0 Å². The van der Waals surface area contributed by atoms with Crippen molar-refractivity contribution in [3.63, 3.8) is 0 Å². The molecule has 0 heterocycles. The van der Waals surface area contributed by atoms with E-state index in [1.807, 2.05) is 0 Å². The number of allylic oxidation sites excluding steroid dienone is 1. The molecule has 0 N–H and O–H groups in total. The second kappa shape index (κ2) is 27.5. The number of rotatable bonds is 26. The zero-order valence-corrected chi connectivity index (χ0v) is 21.8. The van der Waals surface area contributed by atoms with Gasteiger partial charge < -0.3 is 0 Å². The van der Waals surface area contributed by atoms with E-state index in [0.717, 1.165) is 18.4 Å². The van der Waals surface area contributed by atoms with E-state index in [-0.39, 0.29) is 0 Å². The minimum absolute atomic E-state index is 0.999. The highest BCUT2D eigenvalue weighted by Crippen LogP contribution is 2.18. The molecule has 0 spiro atoms. The molecular formula is C30H58O. The van der Waals surface area contributed by atoms with E-state index in [9.17, 15) is 4.79 Å². The molecule has 1 heteroatoms. The van der Waals surface area contributed by atoms with E-state index in [4.69, 9.17) is 0 Å². The highest BCUT2D eigenvalue weighted by molar-refractivity contribution is 5.52. The van der Waals surface area contributed by atoms with Crippen molar-refractivity contribution in [1.82, 2.24) is 0 Å². The summed E-state index contributed by atoms with van der Waals surface area (Å²) in [7, 11) is 0. The molecule has 0 saturated carbocycles. The molecule has 0 radical (unpaired) electrons. The van der Waals surface area contributed by atoms with E-state index in [1.54, 1.807) is 0 Å². The van der Waals surface area contributed by atoms with Crippen LogP contribution in [0.4, 0.5) is 0 Å². The van der Waals surface area contributed by atoms with Crippen LogP contribution in [0.2, 0.25) is 0 Å². The molecule has 0 aliphatic rings. The van der Waals surface area contributed by atoms with Gasteiger partial charge in [-0.2, -0.15) is 0 Å². The summed E-state index contributed by atoms with van der Waals surface area (Å²) < 4.78 is 0. The summed E-state index contributed by atoms with van der Waals surface area (Å²) in [6.45, 7) is 4.57. The van der Waals surface area contributed by atoms with E-state index in [2.05, 4.69) is 19.8 Å². The van der Waals surface area contributed by atoms with Crippen LogP contribution in [0.5, 0.6) is 0 Å². The molecule has 0 aromatic carbocycles. The molecule has 0 fully saturated rings. The minimum atomic E-state index is 0.999. The zero-order chi connectivity index (χ0) is 22.7. The fraction of sp³-hybridized carbons (Fsp3) is 0.933. The fourth-order valence-electron chi connectivity index (χ4n) is 4.59. The van der Waals surface area contributed by atoms with E-state index in [1.165, 1.54) is 154 Å². The summed E-state index contributed by atoms with van der Waals surface area (Å²) in [6.07, 6.45) is 35.1. The van der Waals surface area contributed by atoms with Gasteiger partial charge in [-0.1, -0.05) is 155 Å². The molecular weight excluding hydrogens is 376 g/mol. The summed E-state index contributed by atoms with van der Waals surface area (Å²) in [5.74, 6) is 2.25. The second-order valence-corrected chi connectivity index (χ2v) is 9.98. The summed E-state index contributed by atoms with van der Waals surface area (Å²) in [5.41, 5.74) is 1.05. The average molecular weight is 435 g/mol. The van der Waals surface area contributed by atoms with Gasteiger partial charge in [0.25, 0.3) is 0 Å². The van der Waals surface area contributed by atoms with Crippen LogP contribution in [0.1, 0.15) is 181 Å². The Bertz CT molecular complexity index is 350. The molecule has 0 bridgehead atoms. The molecule has 0 unspecified atom stereocenters. The molecule has 0 aliphatic heterocycles. The molecule has 0 amide bonds. The number of hydrogen-bond donors (Lipinski definition) is 0. The minimum Gasteiger partial charge on any atom is -0.234 e. The normalized spacial score (nSPS) is 11.0. The molecule has 0 aromatic rings. The predicted molar refractivity (Wildman–Crippen MR) is 141 cm³/mol. The van der Waals surface area contributed by atoms with Gasteiger partial charge in [0, 0.05) is 5.57 Å². The Morgan fingerprint density at radius 1 is 0.387 bits per heavy atom. The first-order valence-corrected chi connectivity index (χ1v) is 14.6. The highest BCUT2D eigenvalue weighted by atomic mass is 16.1. The van der Waals surface area contributed by atoms with E-state index in [0.29, 0.717) is 0 Å². The van der Waals surface area contributed by atoms with Crippen molar-refractivity contribution < 1.29 is 4.79 Å². The van der Waals surface area contributed by atoms with Crippen molar-refractivity contribution >= 4 is 5.94 Å². The first-order valence-electron chi connectivity index (χ1n) is 14.6. The first kappa shape index (κ1) is 30.4. The van der Waals surface area contributed by atoms with Crippen LogP contribution in [-0.4, -0.2) is 5.94 Å². The number of unbranched alkanes of at least 4 members (excludes halogenated alkanes) is 22. The van der Waals surface area contributed by atoms with Crippen molar-refractivity contribution in [3.05, 3.63) is 5.57 Å². The van der Waals surface area contributed by atoms with Gasteiger partial charge in [0.2, 0.25) is 0 Å². The van der Waals surface area contributed by atoms with Gasteiger partial charge in [-0.3, -0.25) is 0 Å². The maximum atomic E-state index is 11.2. The lowest BCUT2D eigenvalue weighted by atomic mass is 10.00. The molecule has 31 heavy (non-hydrogen) atoms. The Kier molecular flexibility index (Phi) is 27.0. The maximum absolute atomic E-state index is 11.2. The Hall–Kier alpha value is -0.550. The van der Waals surface area contributed by atoms with Crippen molar-refractivity contribution in [2.45, 2.75) is 181 Å². The first-order chi connectivity index (χ1) is 15.3. The largest absolute Gasteiger partial charge is 0.234 e. The van der Waals surface area contributed by atoms with Crippen LogP contribution in [0, 0.1) is 0 Å². The number of carbonyl (C=O) groups excluding carboxylic acids is 1. The van der Waals surface area contributed by atoms with Crippen LogP contribution in [0.25, 0.3) is 0 Å². The molecule has 0 aromatic heterocycles. The topological polar surface area (TPSA) is 17.1 Å². The highest BCUT2D eigenvalue weighted by Gasteiger charge is 2.01. The lowest BCUT2D eigenvalue weighted by Gasteiger charge is -2.05. The second-order valence-electron chi connectivity index (χ2n) is 9.98. The summed E-state index contributed by atoms with van der Waals surface area (Å²) in [6, 6.07) is 0. The lowest BCUT2D eigenvalue weighted by molar-refractivity contribution is 0.534. The van der Waals surface area contributed by atoms with Gasteiger partial charge in [-0.15, -0.1) is 0 Å². The Labute approximate surface area is 197 Å². The van der Waals surface area contributed by atoms with Crippen molar-refractivity contribution in [1.29, 1.82) is 0 Å².